The number of benzene rings is 3. The van der Waals surface area contributed by atoms with Crippen LogP contribution in [0.4, 0.5) is 43.3 Å². The quantitative estimate of drug-likeness (QED) is 0.0728. The van der Waals surface area contributed by atoms with E-state index in [1.165, 1.54) is 12.1 Å². The summed E-state index contributed by atoms with van der Waals surface area (Å²) in [6, 6.07) is 10.8. The molecule has 2 aromatic heterocycles. The molecule has 16 nitrogen and oxygen atoms in total. The van der Waals surface area contributed by atoms with Crippen molar-refractivity contribution in [3.05, 3.63) is 82.2 Å². The Morgan fingerprint density at radius 2 is 1.60 bits per heavy atom. The van der Waals surface area contributed by atoms with Crippen molar-refractivity contribution in [2.75, 3.05) is 93.2 Å². The van der Waals surface area contributed by atoms with Crippen LogP contribution < -0.4 is 35.8 Å². The summed E-state index contributed by atoms with van der Waals surface area (Å²) in [5.41, 5.74) is 5.03. The molecule has 6 heterocycles. The Bertz CT molecular complexity index is 2830. The fourth-order valence-corrected chi connectivity index (χ4v) is 12.2. The van der Waals surface area contributed by atoms with Crippen LogP contribution in [0, 0.1) is 17.6 Å². The number of hydrogen-bond acceptors (Lipinski definition) is 14. The van der Waals surface area contributed by atoms with E-state index in [2.05, 4.69) is 75.7 Å². The highest BCUT2D eigenvalue weighted by molar-refractivity contribution is 9.10. The monoisotopic (exact) mass is 1040 g/mol. The first-order valence-electron chi connectivity index (χ1n) is 24.1. The van der Waals surface area contributed by atoms with Gasteiger partial charge in [0.25, 0.3) is 0 Å². The summed E-state index contributed by atoms with van der Waals surface area (Å²) >= 11 is 3.59. The maximum atomic E-state index is 15.2. The maximum Gasteiger partial charge on any atom is 0.236 e. The number of nitrogens with zero attached hydrogens (tertiary/aromatic N) is 8. The van der Waals surface area contributed by atoms with Gasteiger partial charge in [-0.2, -0.15) is 4.98 Å². The van der Waals surface area contributed by atoms with Crippen LogP contribution in [0.3, 0.4) is 0 Å². The Morgan fingerprint density at radius 1 is 0.871 bits per heavy atom. The Kier molecular flexibility index (Phi) is 14.7. The van der Waals surface area contributed by atoms with E-state index in [9.17, 15) is 18.9 Å². The van der Waals surface area contributed by atoms with Crippen molar-refractivity contribution in [3.8, 4) is 5.75 Å². The van der Waals surface area contributed by atoms with Crippen LogP contribution in [0.1, 0.15) is 68.9 Å². The molecule has 3 amide bonds. The van der Waals surface area contributed by atoms with E-state index in [0.29, 0.717) is 94.4 Å². The zero-order chi connectivity index (χ0) is 49.3. The third kappa shape index (κ3) is 10.6. The van der Waals surface area contributed by atoms with Gasteiger partial charge in [-0.05, 0) is 116 Å². The number of carbonyl (C=O) groups excluding carboxylic acids is 3. The highest BCUT2D eigenvalue weighted by Gasteiger charge is 2.35. The summed E-state index contributed by atoms with van der Waals surface area (Å²) in [5.74, 6) is -1.61. The highest BCUT2D eigenvalue weighted by Crippen LogP contribution is 2.42. The number of aryl methyl sites for hydroxylation is 1. The molecule has 4 aliphatic rings. The van der Waals surface area contributed by atoms with E-state index >= 15 is 8.78 Å². The lowest BCUT2D eigenvalue weighted by Gasteiger charge is -2.43. The third-order valence-corrected chi connectivity index (χ3v) is 16.4. The second-order valence-electron chi connectivity index (χ2n) is 19.0. The number of halogens is 3. The highest BCUT2D eigenvalue weighted by atomic mass is 79.9. The lowest BCUT2D eigenvalue weighted by molar-refractivity contribution is -0.137. The fraction of sp³-hybridized carbons (Fsp3) is 0.460. The zero-order valence-corrected chi connectivity index (χ0v) is 42.4. The van der Waals surface area contributed by atoms with Gasteiger partial charge in [0.05, 0.1) is 46.2 Å². The van der Waals surface area contributed by atoms with E-state index < -0.39 is 36.5 Å². The predicted molar refractivity (Wildman–Crippen MR) is 272 cm³/mol. The molecule has 4 aliphatic heterocycles. The van der Waals surface area contributed by atoms with Gasteiger partial charge in [0.1, 0.15) is 35.9 Å². The largest absolute Gasteiger partial charge is 0.494 e. The van der Waals surface area contributed by atoms with Crippen molar-refractivity contribution in [3.63, 3.8) is 0 Å². The molecule has 9 rings (SSSR count). The number of ether oxygens (including phenoxy) is 1. The first-order valence-corrected chi connectivity index (χ1v) is 27.5. The minimum Gasteiger partial charge on any atom is -0.494 e. The Hall–Kier alpha value is -5.78. The first-order chi connectivity index (χ1) is 33.7. The van der Waals surface area contributed by atoms with Crippen molar-refractivity contribution >= 4 is 91.6 Å². The number of methoxy groups -OCH3 is 1. The normalized spacial score (nSPS) is 18.9. The number of carbonyl (C=O) groups is 3. The second-order valence-corrected chi connectivity index (χ2v) is 23.0. The molecular weight excluding hydrogens is 983 g/mol. The fourth-order valence-electron chi connectivity index (χ4n) is 10.5. The molecule has 1 atom stereocenters. The van der Waals surface area contributed by atoms with Crippen LogP contribution in [0.25, 0.3) is 11.0 Å². The van der Waals surface area contributed by atoms with E-state index in [1.54, 1.807) is 39.0 Å². The van der Waals surface area contributed by atoms with Gasteiger partial charge in [-0.3, -0.25) is 34.6 Å². The molecule has 0 spiro atoms. The number of fused-ring (bicyclic) bond motifs is 1. The minimum absolute atomic E-state index is 0.0480. The summed E-state index contributed by atoms with van der Waals surface area (Å²) in [6.45, 7) is 11.2. The molecular formula is C50H59BrF2N11O5P. The molecule has 20 heteroatoms. The summed E-state index contributed by atoms with van der Waals surface area (Å²) in [5, 5.41) is 9.52. The molecule has 3 aromatic carbocycles. The lowest BCUT2D eigenvalue weighted by atomic mass is 9.89. The number of amides is 3. The molecule has 4 fully saturated rings. The topological polar surface area (TPSA) is 178 Å². The van der Waals surface area contributed by atoms with E-state index in [1.807, 2.05) is 21.9 Å². The van der Waals surface area contributed by atoms with Crippen LogP contribution in [-0.4, -0.2) is 126 Å². The van der Waals surface area contributed by atoms with E-state index in [4.69, 9.17) is 9.72 Å². The van der Waals surface area contributed by atoms with Crippen LogP contribution in [0.15, 0.2) is 59.5 Å². The summed E-state index contributed by atoms with van der Waals surface area (Å²) in [6.07, 6.45) is 10.3. The maximum absolute atomic E-state index is 15.2. The van der Waals surface area contributed by atoms with Crippen molar-refractivity contribution in [2.45, 2.75) is 70.3 Å². The summed E-state index contributed by atoms with van der Waals surface area (Å²) in [4.78, 5) is 64.4. The molecule has 0 aliphatic carbocycles. The molecule has 370 valence electrons. The van der Waals surface area contributed by atoms with Gasteiger partial charge in [0, 0.05) is 99.9 Å². The Balaban J connectivity index is 0.762. The zero-order valence-electron chi connectivity index (χ0n) is 39.9. The third-order valence-electron chi connectivity index (χ3n) is 14.3. The average Bonchev–Trinajstić information content (AvgIpc) is 3.34. The number of nitrogens with one attached hydrogen (secondary N) is 3. The molecule has 0 radical (unpaired) electrons. The van der Waals surface area contributed by atoms with Gasteiger partial charge in [0.15, 0.2) is 0 Å². The SMILES string of the molecule is CCc1cc(Nc2ncc(Br)c(Nc3ccc4nccnc4c3P(C)(C)=O)n2)c(OC)cc1N1CCC(N2CCN(CCC3CCN(c4cc(F)c(C5CCC(=O)NC5=O)c(F)c4)CC3)C(=O)C2)CC1. The van der Waals surface area contributed by atoms with Crippen molar-refractivity contribution in [1.82, 2.24) is 35.1 Å². The first kappa shape index (κ1) is 49.2. The smallest absolute Gasteiger partial charge is 0.236 e. The van der Waals surface area contributed by atoms with Crippen LogP contribution in [0.2, 0.25) is 0 Å². The van der Waals surface area contributed by atoms with Crippen molar-refractivity contribution in [1.29, 1.82) is 0 Å². The predicted octanol–water partition coefficient (Wildman–Crippen LogP) is 7.71. The Labute approximate surface area is 414 Å². The molecule has 3 N–H and O–H groups in total. The van der Waals surface area contributed by atoms with Crippen molar-refractivity contribution < 1.29 is 32.5 Å². The number of anilines is 6. The molecule has 70 heavy (non-hydrogen) atoms. The number of rotatable bonds is 14. The molecule has 5 aromatic rings. The standard InChI is InChI=1S/C50H59BrF2N11O5P/c1-5-31-24-40(58-50-56-28-35(51)48(60-50)57-39-8-7-38-46(55-16-15-54-38)47(39)70(3,4)68)42(69-2)27-41(31)62-20-13-32(14-21-62)64-23-22-63(44(66)29-64)19-12-30-10-17-61(18-11-30)33-25-36(52)45(37(53)26-33)34-6-9-43(65)59-49(34)67/h7-8,15-16,24-28,30,32,34H,5-6,9-14,17-23,29H2,1-4H3,(H,59,65,67)(H2,56,57,58,60). The van der Waals surface area contributed by atoms with Gasteiger partial charge < -0.3 is 34.6 Å². The van der Waals surface area contributed by atoms with Crippen LogP contribution in [-0.2, 0) is 25.4 Å². The minimum atomic E-state index is -2.80. The number of hydrogen-bond donors (Lipinski definition) is 3. The van der Waals surface area contributed by atoms with Gasteiger partial charge in [-0.1, -0.05) is 6.92 Å². The van der Waals surface area contributed by atoms with Gasteiger partial charge in [-0.25, -0.2) is 13.8 Å². The molecule has 0 saturated carbocycles. The molecule has 1 unspecified atom stereocenters. The van der Waals surface area contributed by atoms with Gasteiger partial charge >= 0.3 is 0 Å². The van der Waals surface area contributed by atoms with Crippen molar-refractivity contribution in [2.24, 2.45) is 5.92 Å². The van der Waals surface area contributed by atoms with Crippen LogP contribution in [0.5, 0.6) is 5.75 Å². The number of imide groups is 1. The molecule has 4 saturated heterocycles. The lowest BCUT2D eigenvalue weighted by Crippen LogP contribution is -2.56. The number of piperidine rings is 3. The van der Waals surface area contributed by atoms with Gasteiger partial charge in [0.2, 0.25) is 23.7 Å². The number of aromatic nitrogens is 4. The average molecular weight is 1040 g/mol. The second kappa shape index (κ2) is 20.9. The summed E-state index contributed by atoms with van der Waals surface area (Å²) in [7, 11) is -1.15. The van der Waals surface area contributed by atoms with E-state index in [0.717, 1.165) is 75.1 Å². The van der Waals surface area contributed by atoms with Crippen LogP contribution >= 0.6 is 23.1 Å². The van der Waals surface area contributed by atoms with Gasteiger partial charge in [-0.15, -0.1) is 0 Å². The summed E-state index contributed by atoms with van der Waals surface area (Å²) < 4.78 is 50.6. The Morgan fingerprint density at radius 3 is 2.29 bits per heavy atom. The molecule has 0 bridgehead atoms. The number of piperazine rings is 1. The van der Waals surface area contributed by atoms with E-state index in [-0.39, 0.29) is 24.3 Å².